The Balaban J connectivity index is 1.48. The van der Waals surface area contributed by atoms with Crippen molar-refractivity contribution in [1.29, 1.82) is 0 Å². The Hall–Kier alpha value is -1.93. The second-order valence-corrected chi connectivity index (χ2v) is 6.52. The van der Waals surface area contributed by atoms with E-state index in [4.69, 9.17) is 0 Å². The van der Waals surface area contributed by atoms with Gasteiger partial charge in [0.2, 0.25) is 0 Å². The van der Waals surface area contributed by atoms with E-state index >= 15 is 0 Å². The lowest BCUT2D eigenvalue weighted by Crippen LogP contribution is -2.38. The molecule has 22 heavy (non-hydrogen) atoms. The molecule has 1 aromatic carbocycles. The Morgan fingerprint density at radius 3 is 2.64 bits per heavy atom. The van der Waals surface area contributed by atoms with E-state index in [-0.39, 0.29) is 0 Å². The number of benzene rings is 1. The van der Waals surface area contributed by atoms with Crippen molar-refractivity contribution in [2.75, 3.05) is 0 Å². The third kappa shape index (κ3) is 2.84. The predicted octanol–water partition coefficient (Wildman–Crippen LogP) is 3.99. The zero-order chi connectivity index (χ0) is 14.8. The van der Waals surface area contributed by atoms with Crippen LogP contribution in [-0.4, -0.2) is 22.0 Å². The van der Waals surface area contributed by atoms with Crippen molar-refractivity contribution in [2.45, 2.75) is 44.3 Å². The maximum Gasteiger partial charge on any atom is 0.0303 e. The summed E-state index contributed by atoms with van der Waals surface area (Å²) in [7, 11) is 0. The number of aromatic nitrogens is 1. The number of fused-ring (bicyclic) bond motifs is 2. The van der Waals surface area contributed by atoms with Crippen LogP contribution in [0.3, 0.4) is 0 Å². The lowest BCUT2D eigenvalue weighted by Gasteiger charge is -2.34. The molecule has 0 spiro atoms. The summed E-state index contributed by atoms with van der Waals surface area (Å²) in [6, 6.07) is 16.5. The van der Waals surface area contributed by atoms with Crippen LogP contribution in [0.4, 0.5) is 0 Å². The third-order valence-electron chi connectivity index (χ3n) is 4.98. The first-order valence-corrected chi connectivity index (χ1v) is 8.26. The van der Waals surface area contributed by atoms with Crippen LogP contribution in [0.1, 0.15) is 30.4 Å². The number of hydrogen-bond donors (Lipinski definition) is 0. The normalized spacial score (nSPS) is 24.3. The molecule has 2 heteroatoms. The van der Waals surface area contributed by atoms with Crippen molar-refractivity contribution < 1.29 is 0 Å². The van der Waals surface area contributed by atoms with E-state index < -0.39 is 0 Å². The monoisotopic (exact) mass is 290 g/mol. The summed E-state index contributed by atoms with van der Waals surface area (Å²) in [6.45, 7) is 1.09. The maximum atomic E-state index is 4.24. The molecule has 3 heterocycles. The van der Waals surface area contributed by atoms with Crippen LogP contribution in [0.5, 0.6) is 0 Å². The number of pyridine rings is 1. The average molecular weight is 290 g/mol. The van der Waals surface area contributed by atoms with Gasteiger partial charge in [-0.15, -0.1) is 0 Å². The minimum Gasteiger partial charge on any atom is -0.289 e. The van der Waals surface area contributed by atoms with Crippen molar-refractivity contribution in [3.63, 3.8) is 0 Å². The van der Waals surface area contributed by atoms with Gasteiger partial charge >= 0.3 is 0 Å². The summed E-state index contributed by atoms with van der Waals surface area (Å²) < 4.78 is 0. The lowest BCUT2D eigenvalue weighted by atomic mass is 9.95. The van der Waals surface area contributed by atoms with Crippen LogP contribution < -0.4 is 0 Å². The van der Waals surface area contributed by atoms with Gasteiger partial charge in [-0.25, -0.2) is 0 Å². The molecule has 2 aliphatic heterocycles. The molecule has 0 radical (unpaired) electrons. The predicted molar refractivity (Wildman–Crippen MR) is 89.4 cm³/mol. The van der Waals surface area contributed by atoms with Crippen LogP contribution in [0, 0.1) is 0 Å². The largest absolute Gasteiger partial charge is 0.289 e. The van der Waals surface area contributed by atoms with Gasteiger partial charge in [0.15, 0.2) is 0 Å². The van der Waals surface area contributed by atoms with Crippen LogP contribution >= 0.6 is 0 Å². The molecule has 1 aromatic heterocycles. The van der Waals surface area contributed by atoms with Crippen molar-refractivity contribution >= 4 is 0 Å². The van der Waals surface area contributed by atoms with Gasteiger partial charge in [0.1, 0.15) is 0 Å². The van der Waals surface area contributed by atoms with E-state index in [1.165, 1.54) is 30.4 Å². The van der Waals surface area contributed by atoms with Gasteiger partial charge in [0.25, 0.3) is 0 Å². The molecule has 2 bridgehead atoms. The summed E-state index contributed by atoms with van der Waals surface area (Å²) in [4.78, 5) is 6.93. The molecule has 0 aliphatic carbocycles. The van der Waals surface area contributed by atoms with Gasteiger partial charge in [0, 0.05) is 31.0 Å². The molecule has 2 nitrogen and oxygen atoms in total. The fraction of sp³-hybridized carbons (Fsp3) is 0.350. The highest BCUT2D eigenvalue weighted by Gasteiger charge is 2.36. The fourth-order valence-electron chi connectivity index (χ4n) is 3.94. The number of rotatable bonds is 4. The van der Waals surface area contributed by atoms with Crippen LogP contribution in [-0.2, 0) is 13.0 Å². The summed E-state index contributed by atoms with van der Waals surface area (Å²) in [6.07, 6.45) is 11.3. The lowest BCUT2D eigenvalue weighted by molar-refractivity contribution is 0.194. The van der Waals surface area contributed by atoms with E-state index in [1.807, 2.05) is 18.5 Å². The molecule has 1 fully saturated rings. The maximum absolute atomic E-state index is 4.24. The van der Waals surface area contributed by atoms with E-state index in [9.17, 15) is 0 Å². The van der Waals surface area contributed by atoms with Gasteiger partial charge in [-0.2, -0.15) is 0 Å². The Morgan fingerprint density at radius 2 is 1.86 bits per heavy atom. The molecule has 112 valence electrons. The molecule has 2 aliphatic rings. The number of nitrogens with zero attached hydrogens (tertiary/aromatic N) is 2. The van der Waals surface area contributed by atoms with Crippen molar-refractivity contribution in [3.8, 4) is 0 Å². The molecule has 0 amide bonds. The first-order valence-electron chi connectivity index (χ1n) is 8.26. The van der Waals surface area contributed by atoms with Crippen molar-refractivity contribution in [2.24, 2.45) is 0 Å². The standard InChI is InChI=1S/C20H22N2/c1-2-5-16(6-3-1)15-22-19-8-9-20(22)13-18(12-19)11-17-7-4-10-21-14-17/h1-7,10,12,14,19-20H,8-9,11,13,15H2. The Labute approximate surface area is 132 Å². The average Bonchev–Trinajstić information content (AvgIpc) is 2.80. The highest BCUT2D eigenvalue weighted by Crippen LogP contribution is 2.36. The minimum atomic E-state index is 0.630. The Morgan fingerprint density at radius 1 is 1.00 bits per heavy atom. The first kappa shape index (κ1) is 13.7. The third-order valence-corrected chi connectivity index (χ3v) is 4.98. The van der Waals surface area contributed by atoms with Crippen LogP contribution in [0.15, 0.2) is 66.5 Å². The molecular formula is C20H22N2. The zero-order valence-corrected chi connectivity index (χ0v) is 12.9. The summed E-state index contributed by atoms with van der Waals surface area (Å²) in [5, 5.41) is 0. The van der Waals surface area contributed by atoms with E-state index in [1.54, 1.807) is 5.57 Å². The Kier molecular flexibility index (Phi) is 3.77. The van der Waals surface area contributed by atoms with Gasteiger partial charge < -0.3 is 0 Å². The molecular weight excluding hydrogens is 268 g/mol. The quantitative estimate of drug-likeness (QED) is 0.792. The summed E-state index contributed by atoms with van der Waals surface area (Å²) in [5.41, 5.74) is 4.37. The zero-order valence-electron chi connectivity index (χ0n) is 12.9. The molecule has 0 saturated carbocycles. The van der Waals surface area contributed by atoms with Gasteiger partial charge in [-0.1, -0.05) is 48.0 Å². The van der Waals surface area contributed by atoms with Gasteiger partial charge in [-0.05, 0) is 42.9 Å². The highest BCUT2D eigenvalue weighted by atomic mass is 15.2. The highest BCUT2D eigenvalue weighted by molar-refractivity contribution is 5.25. The fourth-order valence-corrected chi connectivity index (χ4v) is 3.94. The van der Waals surface area contributed by atoms with E-state index in [0.717, 1.165) is 19.0 Å². The summed E-state index contributed by atoms with van der Waals surface area (Å²) >= 11 is 0. The van der Waals surface area contributed by atoms with Crippen molar-refractivity contribution in [1.82, 2.24) is 9.88 Å². The molecule has 4 rings (SSSR count). The molecule has 2 atom stereocenters. The molecule has 2 aromatic rings. The number of hydrogen-bond acceptors (Lipinski definition) is 2. The van der Waals surface area contributed by atoms with Crippen molar-refractivity contribution in [3.05, 3.63) is 77.6 Å². The summed E-state index contributed by atoms with van der Waals surface area (Å²) in [5.74, 6) is 0. The van der Waals surface area contributed by atoms with Crippen LogP contribution in [0.25, 0.3) is 0 Å². The van der Waals surface area contributed by atoms with Gasteiger partial charge in [0.05, 0.1) is 0 Å². The SMILES string of the molecule is C1=C(Cc2cccnc2)CC2CCC1N2Cc1ccccc1. The van der Waals surface area contributed by atoms with Gasteiger partial charge in [-0.3, -0.25) is 9.88 Å². The topological polar surface area (TPSA) is 16.1 Å². The molecule has 0 N–H and O–H groups in total. The van der Waals surface area contributed by atoms with E-state index in [0.29, 0.717) is 6.04 Å². The second-order valence-electron chi connectivity index (χ2n) is 6.52. The molecule has 2 unspecified atom stereocenters. The van der Waals surface area contributed by atoms with Crippen LogP contribution in [0.2, 0.25) is 0 Å². The molecule has 1 saturated heterocycles. The first-order chi connectivity index (χ1) is 10.9. The van der Waals surface area contributed by atoms with E-state index in [2.05, 4.69) is 52.4 Å². The minimum absolute atomic E-state index is 0.630. The second kappa shape index (κ2) is 6.05. The Bertz CT molecular complexity index is 648. The smallest absolute Gasteiger partial charge is 0.0303 e.